The number of halogens is 1. The highest BCUT2D eigenvalue weighted by Crippen LogP contribution is 2.25. The maximum atomic E-state index is 12.4. The van der Waals surface area contributed by atoms with E-state index in [0.717, 1.165) is 20.8 Å². The molecule has 1 aromatic heterocycles. The Morgan fingerprint density at radius 3 is 2.64 bits per heavy atom. The highest BCUT2D eigenvalue weighted by molar-refractivity contribution is 8.01. The van der Waals surface area contributed by atoms with Gasteiger partial charge in [0.2, 0.25) is 21.1 Å². The van der Waals surface area contributed by atoms with E-state index in [2.05, 4.69) is 22.4 Å². The smallest absolute Gasteiger partial charge is 0.243 e. The number of hydrogen-bond donors (Lipinski definition) is 1. The molecule has 0 aliphatic rings. The van der Waals surface area contributed by atoms with Gasteiger partial charge in [0, 0.05) is 17.8 Å². The third-order valence-electron chi connectivity index (χ3n) is 2.97. The first-order valence-corrected chi connectivity index (χ1v) is 10.9. The number of nitrogens with zero attached hydrogens (tertiary/aromatic N) is 3. The Morgan fingerprint density at radius 1 is 1.32 bits per heavy atom. The van der Waals surface area contributed by atoms with E-state index < -0.39 is 15.9 Å². The van der Waals surface area contributed by atoms with Gasteiger partial charge in [-0.15, -0.1) is 10.2 Å². The van der Waals surface area contributed by atoms with Crippen molar-refractivity contribution in [2.24, 2.45) is 0 Å². The Morgan fingerprint density at radius 2 is 2.00 bits per heavy atom. The van der Waals surface area contributed by atoms with Gasteiger partial charge in [0.05, 0.1) is 11.4 Å². The Balaban J connectivity index is 1.97. The van der Waals surface area contributed by atoms with E-state index in [9.17, 15) is 13.2 Å². The van der Waals surface area contributed by atoms with Crippen LogP contribution in [0.5, 0.6) is 0 Å². The van der Waals surface area contributed by atoms with Gasteiger partial charge in [-0.3, -0.25) is 10.1 Å². The molecule has 2 rings (SSSR count). The highest BCUT2D eigenvalue weighted by Gasteiger charge is 2.23. The summed E-state index contributed by atoms with van der Waals surface area (Å²) in [5, 5.41) is 11.2. The number of aromatic nitrogens is 2. The number of anilines is 1. The van der Waals surface area contributed by atoms with Gasteiger partial charge in [-0.2, -0.15) is 4.31 Å². The van der Waals surface area contributed by atoms with Crippen LogP contribution < -0.4 is 5.32 Å². The van der Waals surface area contributed by atoms with Crippen molar-refractivity contribution in [3.63, 3.8) is 0 Å². The van der Waals surface area contributed by atoms with Crippen molar-refractivity contribution in [1.29, 1.82) is 0 Å². The van der Waals surface area contributed by atoms with Crippen molar-refractivity contribution in [1.82, 2.24) is 14.5 Å². The zero-order chi connectivity index (χ0) is 18.4. The maximum absolute atomic E-state index is 12.4. The van der Waals surface area contributed by atoms with Crippen LogP contribution in [0.1, 0.15) is 13.3 Å². The minimum Gasteiger partial charge on any atom is -0.299 e. The molecule has 0 aliphatic carbocycles. The molecular weight excluding hydrogens is 404 g/mol. The van der Waals surface area contributed by atoms with Crippen LogP contribution >= 0.6 is 34.7 Å². The highest BCUT2D eigenvalue weighted by atomic mass is 35.5. The molecule has 0 radical (unpaired) electrons. The van der Waals surface area contributed by atoms with Crippen LogP contribution in [0.15, 0.2) is 33.5 Å². The molecule has 2 aromatic rings. The van der Waals surface area contributed by atoms with Gasteiger partial charge in [-0.1, -0.05) is 41.6 Å². The summed E-state index contributed by atoms with van der Waals surface area (Å²) in [5.74, 6) is 0.438. The molecule has 1 heterocycles. The summed E-state index contributed by atoms with van der Waals surface area (Å²) in [7, 11) is -2.43. The number of benzene rings is 1. The van der Waals surface area contributed by atoms with Crippen molar-refractivity contribution in [3.8, 4) is 0 Å². The second-order valence-electron chi connectivity index (χ2n) is 4.98. The zero-order valence-electron chi connectivity index (χ0n) is 13.6. The molecule has 0 unspecified atom stereocenters. The summed E-state index contributed by atoms with van der Waals surface area (Å²) < 4.78 is 26.6. The number of hydrogen-bond acceptors (Lipinski definition) is 7. The second kappa shape index (κ2) is 8.95. The molecule has 1 aromatic carbocycles. The fraction of sp³-hybridized carbons (Fsp3) is 0.357. The fourth-order valence-corrected chi connectivity index (χ4v) is 4.69. The molecule has 1 N–H and O–H groups in total. The molecule has 0 atom stereocenters. The van der Waals surface area contributed by atoms with Crippen molar-refractivity contribution in [2.75, 3.05) is 24.7 Å². The van der Waals surface area contributed by atoms with Crippen molar-refractivity contribution < 1.29 is 13.2 Å². The third kappa shape index (κ3) is 5.65. The fourth-order valence-electron chi connectivity index (χ4n) is 1.74. The van der Waals surface area contributed by atoms with Crippen LogP contribution in [0.4, 0.5) is 5.13 Å². The number of amides is 1. The van der Waals surface area contributed by atoms with Crippen molar-refractivity contribution >= 4 is 55.8 Å². The van der Waals surface area contributed by atoms with Crippen LogP contribution in [0.3, 0.4) is 0 Å². The zero-order valence-corrected chi connectivity index (χ0v) is 16.8. The third-order valence-corrected chi connectivity index (χ3v) is 7.22. The Hall–Kier alpha value is -1.20. The number of thioether (sulfide) groups is 1. The van der Waals surface area contributed by atoms with E-state index in [-0.39, 0.29) is 11.4 Å². The lowest BCUT2D eigenvalue weighted by molar-refractivity contribution is -0.116. The summed E-state index contributed by atoms with van der Waals surface area (Å²) in [6, 6.07) is 5.76. The second-order valence-corrected chi connectivity index (χ2v) is 9.79. The number of nitrogens with one attached hydrogen (secondary N) is 1. The van der Waals surface area contributed by atoms with Crippen LogP contribution in [0.25, 0.3) is 0 Å². The van der Waals surface area contributed by atoms with Crippen molar-refractivity contribution in [2.45, 2.75) is 22.6 Å². The number of carbonyl (C=O) groups excluding carboxylic acids is 1. The van der Waals surface area contributed by atoms with Gasteiger partial charge < -0.3 is 0 Å². The average Bonchev–Trinajstić information content (AvgIpc) is 3.00. The quantitative estimate of drug-likeness (QED) is 0.521. The molecule has 0 saturated heterocycles. The molecule has 0 bridgehead atoms. The van der Waals surface area contributed by atoms with Crippen LogP contribution in [-0.4, -0.2) is 48.2 Å². The van der Waals surface area contributed by atoms with Crippen molar-refractivity contribution in [3.05, 3.63) is 29.3 Å². The molecule has 136 valence electrons. The van der Waals surface area contributed by atoms with E-state index in [1.807, 2.05) is 0 Å². The number of carbonyl (C=O) groups is 1. The summed E-state index contributed by atoms with van der Waals surface area (Å²) >= 11 is 8.58. The molecule has 0 fully saturated rings. The summed E-state index contributed by atoms with van der Waals surface area (Å²) in [4.78, 5) is 12.1. The predicted octanol–water partition coefficient (Wildman–Crippen LogP) is 2.95. The minimum atomic E-state index is -3.77. The average molecular weight is 421 g/mol. The van der Waals surface area contributed by atoms with Gasteiger partial charge >= 0.3 is 0 Å². The van der Waals surface area contributed by atoms with E-state index in [1.54, 1.807) is 11.8 Å². The standard InChI is InChI=1S/C14H17ClN4O3S3/c1-3-8-23-14-18-17-13(24-14)16-12(20)9-19(2)25(21,22)11-6-4-10(15)5-7-11/h4-7H,3,8-9H2,1-2H3,(H,16,17,20). The lowest BCUT2D eigenvalue weighted by Gasteiger charge is -2.16. The maximum Gasteiger partial charge on any atom is 0.243 e. The molecule has 0 saturated carbocycles. The van der Waals surface area contributed by atoms with E-state index in [0.29, 0.717) is 10.2 Å². The van der Waals surface area contributed by atoms with Gasteiger partial charge in [-0.25, -0.2) is 8.42 Å². The number of rotatable bonds is 8. The largest absolute Gasteiger partial charge is 0.299 e. The molecule has 0 spiro atoms. The Bertz CT molecular complexity index is 824. The Labute approximate surface area is 159 Å². The summed E-state index contributed by atoms with van der Waals surface area (Å²) in [6.07, 6.45) is 1.01. The topological polar surface area (TPSA) is 92.3 Å². The van der Waals surface area contributed by atoms with Crippen LogP contribution in [0, 0.1) is 0 Å². The van der Waals surface area contributed by atoms with Crippen LogP contribution in [0.2, 0.25) is 5.02 Å². The molecular formula is C14H17ClN4O3S3. The van der Waals surface area contributed by atoms with Gasteiger partial charge in [0.15, 0.2) is 4.34 Å². The molecule has 0 aliphatic heterocycles. The molecule has 11 heteroatoms. The number of sulfonamides is 1. The van der Waals surface area contributed by atoms with Crippen LogP contribution in [-0.2, 0) is 14.8 Å². The predicted molar refractivity (Wildman–Crippen MR) is 101 cm³/mol. The number of likely N-dealkylation sites (N-methyl/N-ethyl adjacent to an activating group) is 1. The van der Waals surface area contributed by atoms with Gasteiger partial charge in [0.1, 0.15) is 0 Å². The SMILES string of the molecule is CCCSc1nnc(NC(=O)CN(C)S(=O)(=O)c2ccc(Cl)cc2)s1. The Kier molecular flexibility index (Phi) is 7.20. The minimum absolute atomic E-state index is 0.0707. The monoisotopic (exact) mass is 420 g/mol. The first-order valence-electron chi connectivity index (χ1n) is 7.31. The first kappa shape index (κ1) is 20.1. The molecule has 7 nitrogen and oxygen atoms in total. The van der Waals surface area contributed by atoms with E-state index in [4.69, 9.17) is 11.6 Å². The van der Waals surface area contributed by atoms with E-state index in [1.165, 1.54) is 42.6 Å². The molecule has 1 amide bonds. The lowest BCUT2D eigenvalue weighted by Crippen LogP contribution is -2.34. The first-order chi connectivity index (χ1) is 11.8. The molecule has 25 heavy (non-hydrogen) atoms. The van der Waals surface area contributed by atoms with Gasteiger partial charge in [-0.05, 0) is 30.7 Å². The van der Waals surface area contributed by atoms with E-state index >= 15 is 0 Å². The lowest BCUT2D eigenvalue weighted by atomic mass is 10.4. The van der Waals surface area contributed by atoms with Gasteiger partial charge in [0.25, 0.3) is 0 Å². The summed E-state index contributed by atoms with van der Waals surface area (Å²) in [6.45, 7) is 1.73. The summed E-state index contributed by atoms with van der Waals surface area (Å²) in [5.41, 5.74) is 0. The normalized spacial score (nSPS) is 11.7.